The summed E-state index contributed by atoms with van der Waals surface area (Å²) < 4.78 is 2.65. The molecule has 1 aliphatic heterocycles. The van der Waals surface area contributed by atoms with E-state index in [4.69, 9.17) is 0 Å². The topological polar surface area (TPSA) is 6.48 Å². The highest BCUT2D eigenvalue weighted by Gasteiger charge is 2.40. The second kappa shape index (κ2) is 12.1. The van der Waals surface area contributed by atoms with Crippen molar-refractivity contribution in [2.45, 2.75) is 13.1 Å². The molecule has 4 heteroatoms. The Morgan fingerprint density at radius 1 is 0.385 bits per heavy atom. The van der Waals surface area contributed by atoms with Crippen molar-refractivity contribution >= 4 is 94.9 Å². The molecule has 1 aliphatic rings. The SMILES string of the molecule is C[Si]1(C)c2cc(N(c3ccccc3)c3ccc4sc5ccccc5c4c3)ccc2-c2cc(N(c3ccccc3)c3ccccc3)c3ccccc3c21. The number of rotatable bonds is 6. The van der Waals surface area contributed by atoms with Gasteiger partial charge in [0.15, 0.2) is 0 Å². The maximum Gasteiger partial charge on any atom is 0.114 e. The number of para-hydroxylation sites is 3. The van der Waals surface area contributed by atoms with Gasteiger partial charge < -0.3 is 9.80 Å². The summed E-state index contributed by atoms with van der Waals surface area (Å²) in [5.41, 5.74) is 9.75. The minimum absolute atomic E-state index is 1.15. The van der Waals surface area contributed by atoms with Gasteiger partial charge in [-0.1, -0.05) is 116 Å². The smallest absolute Gasteiger partial charge is 0.114 e. The highest BCUT2D eigenvalue weighted by molar-refractivity contribution is 7.25. The summed E-state index contributed by atoms with van der Waals surface area (Å²) in [5.74, 6) is 0. The molecule has 0 atom stereocenters. The molecular weight excluding hydrogens is 665 g/mol. The van der Waals surface area contributed by atoms with E-state index in [9.17, 15) is 0 Å². The molecule has 0 radical (unpaired) electrons. The van der Waals surface area contributed by atoms with Crippen molar-refractivity contribution in [3.63, 3.8) is 0 Å². The molecule has 0 spiro atoms. The van der Waals surface area contributed by atoms with Gasteiger partial charge in [0.1, 0.15) is 8.07 Å². The summed E-state index contributed by atoms with van der Waals surface area (Å²) in [6.07, 6.45) is 0. The van der Waals surface area contributed by atoms with E-state index in [2.05, 4.69) is 205 Å². The van der Waals surface area contributed by atoms with Gasteiger partial charge in [0.25, 0.3) is 0 Å². The number of benzene rings is 8. The highest BCUT2D eigenvalue weighted by atomic mass is 32.1. The van der Waals surface area contributed by atoms with Gasteiger partial charge in [0.2, 0.25) is 0 Å². The van der Waals surface area contributed by atoms with Crippen LogP contribution in [0.1, 0.15) is 0 Å². The van der Waals surface area contributed by atoms with Crippen LogP contribution in [0.3, 0.4) is 0 Å². The molecule has 0 aliphatic carbocycles. The Balaban J connectivity index is 1.18. The molecular formula is C48H36N2SSi. The van der Waals surface area contributed by atoms with Crippen LogP contribution in [0.4, 0.5) is 34.1 Å². The molecule has 8 aromatic carbocycles. The maximum absolute atomic E-state index is 2.54. The van der Waals surface area contributed by atoms with E-state index in [1.807, 2.05) is 11.3 Å². The molecule has 0 amide bonds. The number of fused-ring (bicyclic) bond motifs is 8. The zero-order valence-corrected chi connectivity index (χ0v) is 30.9. The van der Waals surface area contributed by atoms with Crippen LogP contribution in [0.15, 0.2) is 182 Å². The standard InChI is InChI=1S/C48H36N2SSi/c1-52(2)47-31-37(49(33-16-6-3-7-17-33)36-27-29-46-42(30-36)39-23-14-15-25-45(39)51-46)26-28-40(47)43-32-44(38-22-12-13-24-41(38)48(43)52)50(34-18-8-4-9-19-34)35-20-10-5-11-21-35/h3-32H,1-2H3. The number of hydrogen-bond donors (Lipinski definition) is 0. The van der Waals surface area contributed by atoms with E-state index in [-0.39, 0.29) is 0 Å². The number of anilines is 6. The number of thiophene rings is 1. The summed E-state index contributed by atoms with van der Waals surface area (Å²) in [6, 6.07) is 66.9. The Hall–Kier alpha value is -5.94. The van der Waals surface area contributed by atoms with Gasteiger partial charge in [-0.05, 0) is 106 Å². The average Bonchev–Trinajstić information content (AvgIpc) is 3.67. The van der Waals surface area contributed by atoms with Crippen LogP contribution < -0.4 is 20.2 Å². The lowest BCUT2D eigenvalue weighted by molar-refractivity contribution is 1.29. The first-order valence-corrected chi connectivity index (χ1v) is 21.8. The fourth-order valence-corrected chi connectivity index (χ4v) is 13.0. The highest BCUT2D eigenvalue weighted by Crippen LogP contribution is 2.45. The van der Waals surface area contributed by atoms with E-state index in [1.165, 1.54) is 69.5 Å². The Morgan fingerprint density at radius 3 is 1.58 bits per heavy atom. The third-order valence-corrected chi connectivity index (χ3v) is 15.5. The quantitative estimate of drug-likeness (QED) is 0.159. The summed E-state index contributed by atoms with van der Waals surface area (Å²) in [7, 11) is -2.15. The predicted molar refractivity (Wildman–Crippen MR) is 228 cm³/mol. The molecule has 0 N–H and O–H groups in total. The summed E-state index contributed by atoms with van der Waals surface area (Å²) in [4.78, 5) is 4.86. The Morgan fingerprint density at radius 2 is 0.904 bits per heavy atom. The summed E-state index contributed by atoms with van der Waals surface area (Å²) in [6.45, 7) is 5.08. The first-order valence-electron chi connectivity index (χ1n) is 17.9. The van der Waals surface area contributed by atoms with Crippen LogP contribution in [0.2, 0.25) is 13.1 Å². The average molecular weight is 701 g/mol. The Kier molecular flexibility index (Phi) is 7.17. The van der Waals surface area contributed by atoms with Crippen molar-refractivity contribution in [3.05, 3.63) is 182 Å². The molecule has 0 unspecified atom stereocenters. The van der Waals surface area contributed by atoms with E-state index in [1.54, 1.807) is 0 Å². The molecule has 2 heterocycles. The molecule has 248 valence electrons. The van der Waals surface area contributed by atoms with Crippen LogP contribution >= 0.6 is 11.3 Å². The van der Waals surface area contributed by atoms with Gasteiger partial charge in [0.05, 0.1) is 5.69 Å². The third kappa shape index (κ3) is 4.83. The minimum Gasteiger partial charge on any atom is -0.310 e. The van der Waals surface area contributed by atoms with Crippen molar-refractivity contribution < 1.29 is 0 Å². The van der Waals surface area contributed by atoms with Crippen LogP contribution in [-0.4, -0.2) is 8.07 Å². The largest absolute Gasteiger partial charge is 0.310 e. The molecule has 0 saturated heterocycles. The molecule has 9 aromatic rings. The van der Waals surface area contributed by atoms with Gasteiger partial charge in [-0.3, -0.25) is 0 Å². The minimum atomic E-state index is -2.15. The van der Waals surface area contributed by atoms with E-state index in [0.29, 0.717) is 0 Å². The molecule has 10 rings (SSSR count). The van der Waals surface area contributed by atoms with Crippen molar-refractivity contribution in [1.29, 1.82) is 0 Å². The van der Waals surface area contributed by atoms with Crippen molar-refractivity contribution in [2.24, 2.45) is 0 Å². The molecule has 0 bridgehead atoms. The normalized spacial score (nSPS) is 13.0. The summed E-state index contributed by atoms with van der Waals surface area (Å²) >= 11 is 1.87. The second-order valence-electron chi connectivity index (χ2n) is 14.2. The zero-order chi connectivity index (χ0) is 34.8. The van der Waals surface area contributed by atoms with Crippen LogP contribution in [0.25, 0.3) is 42.1 Å². The molecule has 0 fully saturated rings. The fourth-order valence-electron chi connectivity index (χ4n) is 8.44. The van der Waals surface area contributed by atoms with Crippen molar-refractivity contribution in [3.8, 4) is 11.1 Å². The Labute approximate surface area is 309 Å². The molecule has 52 heavy (non-hydrogen) atoms. The van der Waals surface area contributed by atoms with E-state index < -0.39 is 8.07 Å². The van der Waals surface area contributed by atoms with Gasteiger partial charge in [-0.2, -0.15) is 0 Å². The van der Waals surface area contributed by atoms with Gasteiger partial charge in [-0.25, -0.2) is 0 Å². The lowest BCUT2D eigenvalue weighted by Gasteiger charge is -2.29. The maximum atomic E-state index is 2.54. The second-order valence-corrected chi connectivity index (χ2v) is 19.5. The monoisotopic (exact) mass is 700 g/mol. The zero-order valence-electron chi connectivity index (χ0n) is 29.1. The lowest BCUT2D eigenvalue weighted by atomic mass is 9.98. The third-order valence-electron chi connectivity index (χ3n) is 10.8. The first-order chi connectivity index (χ1) is 25.6. The first kappa shape index (κ1) is 30.8. The molecule has 1 aromatic heterocycles. The van der Waals surface area contributed by atoms with Crippen molar-refractivity contribution in [2.75, 3.05) is 9.80 Å². The lowest BCUT2D eigenvalue weighted by Crippen LogP contribution is -2.49. The molecule has 2 nitrogen and oxygen atoms in total. The van der Waals surface area contributed by atoms with Crippen LogP contribution in [0, 0.1) is 0 Å². The van der Waals surface area contributed by atoms with E-state index in [0.717, 1.165) is 17.1 Å². The van der Waals surface area contributed by atoms with Gasteiger partial charge in [0, 0.05) is 54.0 Å². The summed E-state index contributed by atoms with van der Waals surface area (Å²) in [5, 5.41) is 8.27. The Bertz CT molecular complexity index is 2730. The fraction of sp³-hybridized carbons (Fsp3) is 0.0417. The number of nitrogens with zero attached hydrogens (tertiary/aromatic N) is 2. The van der Waals surface area contributed by atoms with Crippen molar-refractivity contribution in [1.82, 2.24) is 0 Å². The molecule has 0 saturated carbocycles. The predicted octanol–water partition coefficient (Wildman–Crippen LogP) is 13.0. The number of hydrogen-bond acceptors (Lipinski definition) is 3. The van der Waals surface area contributed by atoms with Gasteiger partial charge in [-0.15, -0.1) is 11.3 Å². The van der Waals surface area contributed by atoms with E-state index >= 15 is 0 Å². The van der Waals surface area contributed by atoms with Crippen LogP contribution in [-0.2, 0) is 0 Å². The van der Waals surface area contributed by atoms with Crippen LogP contribution in [0.5, 0.6) is 0 Å². The van der Waals surface area contributed by atoms with Gasteiger partial charge >= 0.3 is 0 Å².